The van der Waals surface area contributed by atoms with Crippen molar-refractivity contribution in [3.8, 4) is 17.1 Å². The molecule has 7 nitrogen and oxygen atoms in total. The molecule has 5 aromatic rings. The maximum Gasteiger partial charge on any atom is 0.341 e. The van der Waals surface area contributed by atoms with Crippen LogP contribution >= 0.6 is 0 Å². The van der Waals surface area contributed by atoms with Crippen LogP contribution in [0.4, 0.5) is 0 Å². The van der Waals surface area contributed by atoms with Crippen LogP contribution in [0.15, 0.2) is 105 Å². The fourth-order valence-electron chi connectivity index (χ4n) is 4.77. The number of hydrogen-bond acceptors (Lipinski definition) is 4. The van der Waals surface area contributed by atoms with Crippen LogP contribution in [0.2, 0.25) is 0 Å². The molecule has 0 unspecified atom stereocenters. The van der Waals surface area contributed by atoms with Gasteiger partial charge in [-0.25, -0.2) is 13.9 Å². The fraction of sp³-hybridized carbons (Fsp3) is 0.138. The molecule has 0 spiro atoms. The number of benzene rings is 3. The number of pyridine rings is 1. The van der Waals surface area contributed by atoms with E-state index >= 15 is 0 Å². The molecule has 6 rings (SSSR count). The highest BCUT2D eigenvalue weighted by Gasteiger charge is 2.33. The zero-order valence-electron chi connectivity index (χ0n) is 19.4. The van der Waals surface area contributed by atoms with Crippen LogP contribution in [-0.4, -0.2) is 18.8 Å². The lowest BCUT2D eigenvalue weighted by Crippen LogP contribution is -2.41. The summed E-state index contributed by atoms with van der Waals surface area (Å²) in [6.45, 7) is 0. The second-order valence-electron chi connectivity index (χ2n) is 9.02. The van der Waals surface area contributed by atoms with Crippen molar-refractivity contribution in [2.45, 2.75) is 25.3 Å². The SMILES string of the molecule is O=c1c2c(O)c(Cc3ccccc3)c(=O)n(C3CC3)c2n(-c2ccccc2)c(=O)n1-c1ccccc1. The number of fused-ring (bicyclic) bond motifs is 1. The average molecular weight is 478 g/mol. The van der Waals surface area contributed by atoms with Crippen LogP contribution in [0.25, 0.3) is 22.4 Å². The van der Waals surface area contributed by atoms with Gasteiger partial charge in [0, 0.05) is 12.5 Å². The third kappa shape index (κ3) is 3.48. The van der Waals surface area contributed by atoms with Gasteiger partial charge < -0.3 is 5.11 Å². The van der Waals surface area contributed by atoms with E-state index in [1.165, 1.54) is 4.57 Å². The molecule has 36 heavy (non-hydrogen) atoms. The Morgan fingerprint density at radius 3 is 1.78 bits per heavy atom. The van der Waals surface area contributed by atoms with Gasteiger partial charge in [0.05, 0.1) is 16.9 Å². The quantitative estimate of drug-likeness (QED) is 0.416. The molecule has 0 amide bonds. The average Bonchev–Trinajstić information content (AvgIpc) is 3.74. The van der Waals surface area contributed by atoms with Gasteiger partial charge in [-0.15, -0.1) is 0 Å². The maximum absolute atomic E-state index is 13.9. The lowest BCUT2D eigenvalue weighted by Gasteiger charge is -2.20. The summed E-state index contributed by atoms with van der Waals surface area (Å²) >= 11 is 0. The van der Waals surface area contributed by atoms with Gasteiger partial charge in [-0.1, -0.05) is 66.7 Å². The largest absolute Gasteiger partial charge is 0.506 e. The summed E-state index contributed by atoms with van der Waals surface area (Å²) in [6.07, 6.45) is 1.69. The van der Waals surface area contributed by atoms with Crippen molar-refractivity contribution < 1.29 is 5.11 Å². The molecule has 7 heteroatoms. The van der Waals surface area contributed by atoms with Crippen molar-refractivity contribution in [2.24, 2.45) is 0 Å². The molecule has 1 N–H and O–H groups in total. The van der Waals surface area contributed by atoms with E-state index in [9.17, 15) is 19.5 Å². The van der Waals surface area contributed by atoms with E-state index in [1.807, 2.05) is 36.4 Å². The normalized spacial score (nSPS) is 13.2. The van der Waals surface area contributed by atoms with Gasteiger partial charge in [-0.2, -0.15) is 0 Å². The minimum Gasteiger partial charge on any atom is -0.506 e. The summed E-state index contributed by atoms with van der Waals surface area (Å²) in [5.41, 5.74) is 0.358. The maximum atomic E-state index is 13.9. The minimum absolute atomic E-state index is 0.0419. The van der Waals surface area contributed by atoms with Crippen molar-refractivity contribution in [1.29, 1.82) is 0 Å². The second kappa shape index (κ2) is 8.53. The first-order valence-electron chi connectivity index (χ1n) is 11.9. The van der Waals surface area contributed by atoms with E-state index in [4.69, 9.17) is 0 Å². The highest BCUT2D eigenvalue weighted by Crippen LogP contribution is 2.38. The summed E-state index contributed by atoms with van der Waals surface area (Å²) in [7, 11) is 0. The lowest BCUT2D eigenvalue weighted by molar-refractivity contribution is 0.470. The Balaban J connectivity index is 1.80. The molecule has 178 valence electrons. The van der Waals surface area contributed by atoms with E-state index in [1.54, 1.807) is 59.2 Å². The number of para-hydroxylation sites is 2. The van der Waals surface area contributed by atoms with Crippen LogP contribution in [0.5, 0.6) is 5.75 Å². The molecule has 1 fully saturated rings. The Kier molecular flexibility index (Phi) is 5.18. The number of rotatable bonds is 5. The van der Waals surface area contributed by atoms with E-state index in [2.05, 4.69) is 0 Å². The van der Waals surface area contributed by atoms with Crippen molar-refractivity contribution in [2.75, 3.05) is 0 Å². The Labute approximate surface area is 205 Å². The first-order chi connectivity index (χ1) is 17.6. The van der Waals surface area contributed by atoms with E-state index in [0.717, 1.165) is 23.0 Å². The monoisotopic (exact) mass is 477 g/mol. The molecule has 0 radical (unpaired) electrons. The fourth-order valence-corrected chi connectivity index (χ4v) is 4.77. The smallest absolute Gasteiger partial charge is 0.341 e. The Hall–Kier alpha value is -4.65. The van der Waals surface area contributed by atoms with Crippen molar-refractivity contribution >= 4 is 11.0 Å². The first kappa shape index (κ1) is 21.9. The summed E-state index contributed by atoms with van der Waals surface area (Å²) in [5, 5.41) is 11.4. The number of aromatic hydroxyl groups is 1. The van der Waals surface area contributed by atoms with Crippen molar-refractivity contribution in [3.05, 3.63) is 133 Å². The zero-order valence-corrected chi connectivity index (χ0v) is 19.4. The summed E-state index contributed by atoms with van der Waals surface area (Å²) in [4.78, 5) is 41.7. The van der Waals surface area contributed by atoms with Crippen LogP contribution in [-0.2, 0) is 6.42 Å². The summed E-state index contributed by atoms with van der Waals surface area (Å²) in [6, 6.07) is 26.7. The number of nitrogens with zero attached hydrogens (tertiary/aromatic N) is 3. The van der Waals surface area contributed by atoms with Gasteiger partial charge in [-0.3, -0.25) is 14.2 Å². The molecule has 1 aliphatic rings. The van der Waals surface area contributed by atoms with Crippen LogP contribution in [0, 0.1) is 0 Å². The van der Waals surface area contributed by atoms with E-state index in [0.29, 0.717) is 11.4 Å². The molecule has 2 heterocycles. The highest BCUT2D eigenvalue weighted by atomic mass is 16.3. The van der Waals surface area contributed by atoms with Crippen LogP contribution in [0.3, 0.4) is 0 Å². The summed E-state index contributed by atoms with van der Waals surface area (Å²) in [5.74, 6) is -0.380. The van der Waals surface area contributed by atoms with Gasteiger partial charge >= 0.3 is 5.69 Å². The molecule has 0 aliphatic heterocycles. The van der Waals surface area contributed by atoms with Crippen molar-refractivity contribution in [1.82, 2.24) is 13.7 Å². The standard InChI is InChI=1S/C29H23N3O4/c33-25-23(18-19-10-4-1-5-11-19)27(34)30(22-16-17-22)26-24(25)28(35)32(21-14-8-3-9-15-21)29(36)31(26)20-12-6-2-7-13-20/h1-15,22,33H,16-18H2. The molecule has 0 atom stereocenters. The Bertz CT molecular complexity index is 1770. The third-order valence-corrected chi connectivity index (χ3v) is 6.63. The molecule has 0 saturated heterocycles. The molecule has 2 aromatic heterocycles. The molecule has 3 aromatic carbocycles. The number of aromatic nitrogens is 3. The lowest BCUT2D eigenvalue weighted by atomic mass is 10.0. The Morgan fingerprint density at radius 1 is 0.694 bits per heavy atom. The van der Waals surface area contributed by atoms with E-state index in [-0.39, 0.29) is 40.4 Å². The predicted octanol–water partition coefficient (Wildman–Crippen LogP) is 3.93. The van der Waals surface area contributed by atoms with Crippen LogP contribution < -0.4 is 16.8 Å². The summed E-state index contributed by atoms with van der Waals surface area (Å²) < 4.78 is 3.97. The first-order valence-corrected chi connectivity index (χ1v) is 11.9. The van der Waals surface area contributed by atoms with Crippen LogP contribution in [0.1, 0.15) is 30.0 Å². The van der Waals surface area contributed by atoms with Gasteiger partial charge in [0.2, 0.25) is 0 Å². The van der Waals surface area contributed by atoms with E-state index < -0.39 is 11.2 Å². The molecule has 1 aliphatic carbocycles. The van der Waals surface area contributed by atoms with Gasteiger partial charge in [-0.05, 0) is 42.7 Å². The molecule has 1 saturated carbocycles. The topological polar surface area (TPSA) is 86.2 Å². The van der Waals surface area contributed by atoms with Crippen molar-refractivity contribution in [3.63, 3.8) is 0 Å². The van der Waals surface area contributed by atoms with Gasteiger partial charge in [0.15, 0.2) is 0 Å². The van der Waals surface area contributed by atoms with Gasteiger partial charge in [0.25, 0.3) is 11.1 Å². The second-order valence-corrected chi connectivity index (χ2v) is 9.02. The third-order valence-electron chi connectivity index (χ3n) is 6.63. The molecule has 0 bridgehead atoms. The minimum atomic E-state index is -0.658. The zero-order chi connectivity index (χ0) is 24.8. The molecular formula is C29H23N3O4. The molecular weight excluding hydrogens is 454 g/mol. The Morgan fingerprint density at radius 2 is 1.22 bits per heavy atom. The predicted molar refractivity (Wildman–Crippen MR) is 139 cm³/mol. The highest BCUT2D eigenvalue weighted by molar-refractivity contribution is 5.85. The van der Waals surface area contributed by atoms with Gasteiger partial charge in [0.1, 0.15) is 16.8 Å². The number of hydrogen-bond donors (Lipinski definition) is 1.